The summed E-state index contributed by atoms with van der Waals surface area (Å²) in [5.41, 5.74) is 9.25. The molecule has 0 saturated heterocycles. The zero-order chi connectivity index (χ0) is 16.3. The number of hydrogen-bond donors (Lipinski definition) is 2. The third-order valence-electron chi connectivity index (χ3n) is 3.41. The molecule has 0 amide bonds. The van der Waals surface area contributed by atoms with Gasteiger partial charge in [-0.05, 0) is 30.2 Å². The van der Waals surface area contributed by atoms with Crippen LogP contribution in [0, 0.1) is 0 Å². The van der Waals surface area contributed by atoms with E-state index in [0.29, 0.717) is 32.3 Å². The van der Waals surface area contributed by atoms with Crippen molar-refractivity contribution < 1.29 is 4.74 Å². The lowest BCUT2D eigenvalue weighted by Gasteiger charge is -2.09. The minimum absolute atomic E-state index is 0.451. The van der Waals surface area contributed by atoms with Gasteiger partial charge in [-0.2, -0.15) is 0 Å². The number of ether oxygens (including phenoxy) is 1. The van der Waals surface area contributed by atoms with E-state index in [1.807, 2.05) is 37.3 Å². The summed E-state index contributed by atoms with van der Waals surface area (Å²) in [6, 6.07) is 14.0. The summed E-state index contributed by atoms with van der Waals surface area (Å²) in [4.78, 5) is 8.68. The molecule has 122 valence electrons. The molecular weight excluding hydrogens is 288 g/mol. The number of aliphatic imine (C=N–C) groups is 1. The van der Waals surface area contributed by atoms with Gasteiger partial charge < -0.3 is 15.8 Å². The molecule has 0 atom stereocenters. The van der Waals surface area contributed by atoms with Crippen molar-refractivity contribution in [2.75, 3.05) is 13.2 Å². The molecule has 0 aliphatic rings. The number of pyridine rings is 1. The Bertz CT molecular complexity index is 613. The van der Waals surface area contributed by atoms with Gasteiger partial charge in [-0.15, -0.1) is 0 Å². The highest BCUT2D eigenvalue weighted by atomic mass is 16.5. The van der Waals surface area contributed by atoms with Crippen LogP contribution in [0.5, 0.6) is 0 Å². The van der Waals surface area contributed by atoms with E-state index >= 15 is 0 Å². The SMILES string of the molecule is CCOCc1ccccc1CN=C(N)NCCc1ccccn1. The maximum atomic E-state index is 5.92. The fourth-order valence-electron chi connectivity index (χ4n) is 2.16. The number of guanidine groups is 1. The monoisotopic (exact) mass is 312 g/mol. The highest BCUT2D eigenvalue weighted by Gasteiger charge is 2.01. The predicted molar refractivity (Wildman–Crippen MR) is 93.0 cm³/mol. The van der Waals surface area contributed by atoms with Crippen molar-refractivity contribution in [2.24, 2.45) is 10.7 Å². The van der Waals surface area contributed by atoms with Gasteiger partial charge in [-0.25, -0.2) is 4.99 Å². The number of hydrogen-bond acceptors (Lipinski definition) is 3. The molecule has 5 nitrogen and oxygen atoms in total. The summed E-state index contributed by atoms with van der Waals surface area (Å²) in [5.74, 6) is 0.451. The zero-order valence-electron chi connectivity index (χ0n) is 13.5. The van der Waals surface area contributed by atoms with E-state index in [4.69, 9.17) is 10.5 Å². The molecule has 1 heterocycles. The fraction of sp³-hybridized carbons (Fsp3) is 0.333. The van der Waals surface area contributed by atoms with Crippen molar-refractivity contribution in [2.45, 2.75) is 26.5 Å². The molecule has 0 aliphatic carbocycles. The summed E-state index contributed by atoms with van der Waals surface area (Å²) < 4.78 is 5.48. The van der Waals surface area contributed by atoms with E-state index in [1.54, 1.807) is 6.20 Å². The molecule has 23 heavy (non-hydrogen) atoms. The van der Waals surface area contributed by atoms with E-state index in [0.717, 1.165) is 23.2 Å². The first-order chi connectivity index (χ1) is 11.3. The molecule has 1 aromatic carbocycles. The third kappa shape index (κ3) is 6.08. The van der Waals surface area contributed by atoms with Crippen LogP contribution in [-0.4, -0.2) is 24.1 Å². The summed E-state index contributed by atoms with van der Waals surface area (Å²) in [6.45, 7) is 4.56. The molecule has 0 saturated carbocycles. The van der Waals surface area contributed by atoms with Gasteiger partial charge in [0.1, 0.15) is 0 Å². The third-order valence-corrected chi connectivity index (χ3v) is 3.41. The Balaban J connectivity index is 1.82. The number of nitrogens with zero attached hydrogens (tertiary/aromatic N) is 2. The summed E-state index contributed by atoms with van der Waals surface area (Å²) in [7, 11) is 0. The van der Waals surface area contributed by atoms with Crippen LogP contribution in [0.25, 0.3) is 0 Å². The average molecular weight is 312 g/mol. The van der Waals surface area contributed by atoms with Crippen LogP contribution in [-0.2, 0) is 24.3 Å². The number of rotatable bonds is 8. The maximum absolute atomic E-state index is 5.92. The molecule has 1 aromatic heterocycles. The second-order valence-electron chi connectivity index (χ2n) is 5.11. The molecule has 0 radical (unpaired) electrons. The molecule has 0 unspecified atom stereocenters. The molecule has 5 heteroatoms. The smallest absolute Gasteiger partial charge is 0.188 e. The van der Waals surface area contributed by atoms with E-state index < -0.39 is 0 Å². The number of nitrogens with one attached hydrogen (secondary N) is 1. The molecular formula is C18H24N4O. The summed E-state index contributed by atoms with van der Waals surface area (Å²) >= 11 is 0. The van der Waals surface area contributed by atoms with Crippen molar-refractivity contribution in [3.63, 3.8) is 0 Å². The van der Waals surface area contributed by atoms with Crippen LogP contribution in [0.3, 0.4) is 0 Å². The van der Waals surface area contributed by atoms with Crippen molar-refractivity contribution in [1.82, 2.24) is 10.3 Å². The predicted octanol–water partition coefficient (Wildman–Crippen LogP) is 2.27. The Morgan fingerprint density at radius 3 is 2.70 bits per heavy atom. The lowest BCUT2D eigenvalue weighted by atomic mass is 10.1. The Kier molecular flexibility index (Phi) is 7.07. The largest absolute Gasteiger partial charge is 0.377 e. The summed E-state index contributed by atoms with van der Waals surface area (Å²) in [5, 5.41) is 3.12. The highest BCUT2D eigenvalue weighted by Crippen LogP contribution is 2.11. The number of benzene rings is 1. The molecule has 0 fully saturated rings. The van der Waals surface area contributed by atoms with Crippen molar-refractivity contribution in [3.8, 4) is 0 Å². The Hall–Kier alpha value is -2.40. The van der Waals surface area contributed by atoms with E-state index in [2.05, 4.69) is 27.4 Å². The molecule has 2 aromatic rings. The minimum atomic E-state index is 0.451. The standard InChI is InChI=1S/C18H24N4O/c1-2-23-14-16-8-4-3-7-15(16)13-22-18(19)21-12-10-17-9-5-6-11-20-17/h3-9,11H,2,10,12-14H2,1H3,(H3,19,21,22). The van der Waals surface area contributed by atoms with Crippen molar-refractivity contribution in [3.05, 3.63) is 65.5 Å². The van der Waals surface area contributed by atoms with E-state index in [1.165, 1.54) is 0 Å². The van der Waals surface area contributed by atoms with Gasteiger partial charge in [0, 0.05) is 31.5 Å². The molecule has 2 rings (SSSR count). The van der Waals surface area contributed by atoms with Crippen LogP contribution in [0.4, 0.5) is 0 Å². The highest BCUT2D eigenvalue weighted by molar-refractivity contribution is 5.77. The van der Waals surface area contributed by atoms with Crippen LogP contribution >= 0.6 is 0 Å². The van der Waals surface area contributed by atoms with Gasteiger partial charge in [0.2, 0.25) is 0 Å². The lowest BCUT2D eigenvalue weighted by molar-refractivity contribution is 0.133. The fourth-order valence-corrected chi connectivity index (χ4v) is 2.16. The quantitative estimate of drug-likeness (QED) is 0.579. The Morgan fingerprint density at radius 2 is 1.96 bits per heavy atom. The summed E-state index contributed by atoms with van der Waals surface area (Å²) in [6.07, 6.45) is 2.61. The maximum Gasteiger partial charge on any atom is 0.188 e. The minimum Gasteiger partial charge on any atom is -0.377 e. The van der Waals surface area contributed by atoms with Crippen molar-refractivity contribution >= 4 is 5.96 Å². The Morgan fingerprint density at radius 1 is 1.17 bits per heavy atom. The second-order valence-corrected chi connectivity index (χ2v) is 5.11. The van der Waals surface area contributed by atoms with Crippen molar-refractivity contribution in [1.29, 1.82) is 0 Å². The van der Waals surface area contributed by atoms with Gasteiger partial charge in [-0.1, -0.05) is 30.3 Å². The number of nitrogens with two attached hydrogens (primary N) is 1. The lowest BCUT2D eigenvalue weighted by Crippen LogP contribution is -2.33. The van der Waals surface area contributed by atoms with Crippen LogP contribution in [0.1, 0.15) is 23.7 Å². The van der Waals surface area contributed by atoms with Crippen LogP contribution in [0.15, 0.2) is 53.7 Å². The first-order valence-corrected chi connectivity index (χ1v) is 7.88. The van der Waals surface area contributed by atoms with Gasteiger partial charge in [0.05, 0.1) is 13.2 Å². The van der Waals surface area contributed by atoms with Crippen LogP contribution in [0.2, 0.25) is 0 Å². The average Bonchev–Trinajstić information content (AvgIpc) is 2.60. The first-order valence-electron chi connectivity index (χ1n) is 7.88. The molecule has 0 spiro atoms. The Labute approximate surface area is 137 Å². The molecule has 0 bridgehead atoms. The normalized spacial score (nSPS) is 11.4. The van der Waals surface area contributed by atoms with Gasteiger partial charge in [0.15, 0.2) is 5.96 Å². The van der Waals surface area contributed by atoms with Gasteiger partial charge in [0.25, 0.3) is 0 Å². The number of aromatic nitrogens is 1. The topological polar surface area (TPSA) is 72.5 Å². The van der Waals surface area contributed by atoms with E-state index in [9.17, 15) is 0 Å². The molecule has 3 N–H and O–H groups in total. The van der Waals surface area contributed by atoms with Gasteiger partial charge in [-0.3, -0.25) is 4.98 Å². The van der Waals surface area contributed by atoms with Gasteiger partial charge >= 0.3 is 0 Å². The zero-order valence-corrected chi connectivity index (χ0v) is 13.5. The van der Waals surface area contributed by atoms with Crippen LogP contribution < -0.4 is 11.1 Å². The van der Waals surface area contributed by atoms with E-state index in [-0.39, 0.29) is 0 Å². The molecule has 0 aliphatic heterocycles. The second kappa shape index (κ2) is 9.58. The first kappa shape index (κ1) is 17.0.